The van der Waals surface area contributed by atoms with Crippen molar-refractivity contribution in [2.24, 2.45) is 0 Å². The standard InChI is InChI=1S/C22H22N6O3S/c1-3-23-21(31)28-22-27-17-9-13(14-10-25-20(26-11-14)18(30)12(2)29)8-15(19(17)32-22)16-6-4-5-7-24-16/h4-12,18,29-30H,3H2,1-2H3,(H2,23,27,28,31)/t12-,18?/m0/s1. The molecule has 9 nitrogen and oxygen atoms in total. The first kappa shape index (κ1) is 21.8. The molecule has 0 aliphatic heterocycles. The van der Waals surface area contributed by atoms with Crippen LogP contribution in [0.5, 0.6) is 0 Å². The van der Waals surface area contributed by atoms with Gasteiger partial charge in [-0.15, -0.1) is 0 Å². The van der Waals surface area contributed by atoms with Crippen LogP contribution in [0.3, 0.4) is 0 Å². The van der Waals surface area contributed by atoms with Crippen molar-refractivity contribution < 1.29 is 15.0 Å². The number of nitrogens with one attached hydrogen (secondary N) is 2. The van der Waals surface area contributed by atoms with Crippen molar-refractivity contribution in [1.29, 1.82) is 0 Å². The lowest BCUT2D eigenvalue weighted by Crippen LogP contribution is -2.28. The van der Waals surface area contributed by atoms with Crippen LogP contribution in [0.1, 0.15) is 25.8 Å². The highest BCUT2D eigenvalue weighted by Gasteiger charge is 2.18. The summed E-state index contributed by atoms with van der Waals surface area (Å²) >= 11 is 1.37. The van der Waals surface area contributed by atoms with Crippen molar-refractivity contribution in [2.75, 3.05) is 11.9 Å². The largest absolute Gasteiger partial charge is 0.390 e. The first-order valence-electron chi connectivity index (χ1n) is 10.1. The average Bonchev–Trinajstić information content (AvgIpc) is 3.20. The Bertz CT molecular complexity index is 1230. The summed E-state index contributed by atoms with van der Waals surface area (Å²) in [6, 6.07) is 9.22. The second-order valence-corrected chi connectivity index (χ2v) is 8.10. The van der Waals surface area contributed by atoms with Crippen molar-refractivity contribution in [3.63, 3.8) is 0 Å². The quantitative estimate of drug-likeness (QED) is 0.354. The molecule has 4 N–H and O–H groups in total. The molecule has 3 heterocycles. The van der Waals surface area contributed by atoms with Crippen molar-refractivity contribution in [3.8, 4) is 22.4 Å². The number of fused-ring (bicyclic) bond motifs is 1. The Morgan fingerprint density at radius 3 is 2.56 bits per heavy atom. The van der Waals surface area contributed by atoms with Gasteiger partial charge in [-0.25, -0.2) is 19.7 Å². The lowest BCUT2D eigenvalue weighted by atomic mass is 10.0. The summed E-state index contributed by atoms with van der Waals surface area (Å²) in [6.45, 7) is 3.83. The number of aromatic nitrogens is 4. The molecular weight excluding hydrogens is 428 g/mol. The topological polar surface area (TPSA) is 133 Å². The first-order valence-corrected chi connectivity index (χ1v) is 10.9. The van der Waals surface area contributed by atoms with Crippen LogP contribution in [0, 0.1) is 0 Å². The van der Waals surface area contributed by atoms with Crippen molar-refractivity contribution >= 4 is 32.7 Å². The molecule has 0 saturated carbocycles. The van der Waals surface area contributed by atoms with Crippen molar-refractivity contribution in [2.45, 2.75) is 26.1 Å². The molecule has 0 aliphatic rings. The Hall–Kier alpha value is -3.47. The van der Waals surface area contributed by atoms with E-state index in [-0.39, 0.29) is 11.9 Å². The molecular formula is C22H22N6O3S. The fourth-order valence-corrected chi connectivity index (χ4v) is 4.09. The lowest BCUT2D eigenvalue weighted by molar-refractivity contribution is 0.0249. The number of thiazole rings is 1. The minimum absolute atomic E-state index is 0.150. The Labute approximate surface area is 188 Å². The van der Waals surface area contributed by atoms with Crippen LogP contribution in [-0.4, -0.2) is 48.8 Å². The molecule has 0 radical (unpaired) electrons. The number of hydrogen-bond donors (Lipinski definition) is 4. The van der Waals surface area contributed by atoms with E-state index < -0.39 is 12.2 Å². The number of anilines is 1. The van der Waals surface area contributed by atoms with Gasteiger partial charge in [-0.05, 0) is 43.7 Å². The Morgan fingerprint density at radius 2 is 1.91 bits per heavy atom. The minimum Gasteiger partial charge on any atom is -0.390 e. The van der Waals surface area contributed by atoms with Gasteiger partial charge in [-0.2, -0.15) is 0 Å². The van der Waals surface area contributed by atoms with Crippen LogP contribution in [0.15, 0.2) is 48.9 Å². The summed E-state index contributed by atoms with van der Waals surface area (Å²) in [7, 11) is 0. The molecule has 164 valence electrons. The molecule has 32 heavy (non-hydrogen) atoms. The monoisotopic (exact) mass is 450 g/mol. The van der Waals surface area contributed by atoms with E-state index in [0.717, 1.165) is 27.1 Å². The van der Waals surface area contributed by atoms with Crippen LogP contribution < -0.4 is 10.6 Å². The first-order chi connectivity index (χ1) is 15.5. The maximum atomic E-state index is 11.9. The third kappa shape index (κ3) is 4.57. The van der Waals surface area contributed by atoms with E-state index in [9.17, 15) is 15.0 Å². The summed E-state index contributed by atoms with van der Waals surface area (Å²) < 4.78 is 0.890. The Morgan fingerprint density at radius 1 is 1.12 bits per heavy atom. The molecule has 4 aromatic rings. The summed E-state index contributed by atoms with van der Waals surface area (Å²) in [4.78, 5) is 29.4. The zero-order valence-electron chi connectivity index (χ0n) is 17.5. The van der Waals surface area contributed by atoms with Crippen molar-refractivity contribution in [1.82, 2.24) is 25.3 Å². The fourth-order valence-electron chi connectivity index (χ4n) is 3.12. The normalized spacial score (nSPS) is 13.0. The van der Waals surface area contributed by atoms with Crippen molar-refractivity contribution in [3.05, 3.63) is 54.7 Å². The van der Waals surface area contributed by atoms with Crippen LogP contribution in [0.4, 0.5) is 9.93 Å². The number of carbonyl (C=O) groups excluding carboxylic acids is 1. The molecule has 2 atom stereocenters. The minimum atomic E-state index is -1.16. The second kappa shape index (κ2) is 9.35. The molecule has 4 rings (SSSR count). The number of carbonyl (C=O) groups is 1. The van der Waals surface area contributed by atoms with E-state index in [2.05, 4.69) is 30.6 Å². The van der Waals surface area contributed by atoms with E-state index in [1.165, 1.54) is 18.3 Å². The molecule has 0 fully saturated rings. The number of hydrogen-bond acceptors (Lipinski definition) is 8. The SMILES string of the molecule is CCNC(=O)Nc1nc2cc(-c3cnc(C(O)[C@H](C)O)nc3)cc(-c3ccccn3)c2s1. The Balaban J connectivity index is 1.79. The van der Waals surface area contributed by atoms with Crippen LogP contribution in [-0.2, 0) is 0 Å². The molecule has 0 bridgehead atoms. The number of pyridine rings is 1. The molecule has 1 unspecified atom stereocenters. The Kier molecular flexibility index (Phi) is 6.35. The highest BCUT2D eigenvalue weighted by molar-refractivity contribution is 7.22. The van der Waals surface area contributed by atoms with E-state index in [4.69, 9.17) is 0 Å². The van der Waals surface area contributed by atoms with Gasteiger partial charge in [0, 0.05) is 36.3 Å². The van der Waals surface area contributed by atoms with E-state index >= 15 is 0 Å². The smallest absolute Gasteiger partial charge is 0.321 e. The molecule has 0 spiro atoms. The molecule has 2 amide bonds. The molecule has 0 aliphatic carbocycles. The lowest BCUT2D eigenvalue weighted by Gasteiger charge is -2.12. The maximum absolute atomic E-state index is 11.9. The average molecular weight is 451 g/mol. The predicted octanol–water partition coefficient (Wildman–Crippen LogP) is 3.37. The molecule has 10 heteroatoms. The summed E-state index contributed by atoms with van der Waals surface area (Å²) in [5, 5.41) is 25.5. The van der Waals surface area contributed by atoms with Gasteiger partial charge in [0.25, 0.3) is 0 Å². The number of nitrogens with zero attached hydrogens (tertiary/aromatic N) is 4. The van der Waals surface area contributed by atoms with Gasteiger partial charge in [-0.1, -0.05) is 17.4 Å². The van der Waals surface area contributed by atoms with Crippen LogP contribution in [0.2, 0.25) is 0 Å². The van der Waals surface area contributed by atoms with Gasteiger partial charge >= 0.3 is 6.03 Å². The van der Waals surface area contributed by atoms with E-state index in [1.54, 1.807) is 18.6 Å². The number of rotatable bonds is 6. The summed E-state index contributed by atoms with van der Waals surface area (Å²) in [5.41, 5.74) is 3.87. The zero-order valence-corrected chi connectivity index (χ0v) is 18.3. The summed E-state index contributed by atoms with van der Waals surface area (Å²) in [6.07, 6.45) is 2.78. The van der Waals surface area contributed by atoms with Gasteiger partial charge in [0.2, 0.25) is 0 Å². The third-order valence-corrected chi connectivity index (χ3v) is 5.74. The number of aliphatic hydroxyl groups is 2. The third-order valence-electron chi connectivity index (χ3n) is 4.72. The number of amides is 2. The second-order valence-electron chi connectivity index (χ2n) is 7.11. The molecule has 0 saturated heterocycles. The van der Waals surface area contributed by atoms with Gasteiger partial charge < -0.3 is 15.5 Å². The number of benzene rings is 1. The van der Waals surface area contributed by atoms with Gasteiger partial charge in [0.05, 0.1) is 22.0 Å². The van der Waals surface area contributed by atoms with Crippen LogP contribution >= 0.6 is 11.3 Å². The fraction of sp³-hybridized carbons (Fsp3) is 0.227. The van der Waals surface area contributed by atoms with Gasteiger partial charge in [-0.3, -0.25) is 10.3 Å². The molecule has 1 aromatic carbocycles. The highest BCUT2D eigenvalue weighted by atomic mass is 32.1. The zero-order chi connectivity index (χ0) is 22.7. The maximum Gasteiger partial charge on any atom is 0.321 e. The summed E-state index contributed by atoms with van der Waals surface area (Å²) in [5.74, 6) is 0.150. The van der Waals surface area contributed by atoms with Crippen LogP contribution in [0.25, 0.3) is 32.6 Å². The van der Waals surface area contributed by atoms with Gasteiger partial charge in [0.15, 0.2) is 11.0 Å². The van der Waals surface area contributed by atoms with E-state index in [1.807, 2.05) is 37.3 Å². The van der Waals surface area contributed by atoms with Gasteiger partial charge in [0.1, 0.15) is 6.10 Å². The molecule has 3 aromatic heterocycles. The number of urea groups is 1. The number of aliphatic hydroxyl groups excluding tert-OH is 2. The predicted molar refractivity (Wildman–Crippen MR) is 123 cm³/mol. The van der Waals surface area contributed by atoms with E-state index in [0.29, 0.717) is 17.2 Å². The highest BCUT2D eigenvalue weighted by Crippen LogP contribution is 2.38.